The van der Waals surface area contributed by atoms with Crippen LogP contribution in [0.1, 0.15) is 387 Å². The van der Waals surface area contributed by atoms with Crippen molar-refractivity contribution in [2.24, 2.45) is 0 Å². The van der Waals surface area contributed by atoms with E-state index in [1.165, 1.54) is 360 Å². The van der Waals surface area contributed by atoms with Crippen LogP contribution in [0.2, 0.25) is 0 Å². The van der Waals surface area contributed by atoms with Gasteiger partial charge >= 0.3 is 19.5 Å². The van der Waals surface area contributed by atoms with E-state index in [-0.39, 0.29) is 19.5 Å². The topological polar surface area (TPSA) is 6.48 Å². The molecular formula is C74H140N2S4Zn. The first-order valence-corrected chi connectivity index (χ1v) is 37.6. The summed E-state index contributed by atoms with van der Waals surface area (Å²) < 4.78 is 1.36. The molecule has 7 heteroatoms. The molecule has 0 rings (SSSR count). The van der Waals surface area contributed by atoms with Gasteiger partial charge in [0, 0.05) is 26.2 Å². The summed E-state index contributed by atoms with van der Waals surface area (Å²) in [7, 11) is 0. The average molecular weight is 1250 g/mol. The molecule has 0 radical (unpaired) electrons. The average Bonchev–Trinajstić information content (AvgIpc) is 3.45. The second-order valence-corrected chi connectivity index (χ2v) is 26.3. The summed E-state index contributed by atoms with van der Waals surface area (Å²) in [5.74, 6) is 0. The van der Waals surface area contributed by atoms with E-state index in [1.807, 2.05) is 0 Å². The summed E-state index contributed by atoms with van der Waals surface area (Å²) in [5, 5.41) is 0. The Hall–Kier alpha value is -0.197. The molecule has 0 heterocycles. The molecule has 0 bridgehead atoms. The Kier molecular flexibility index (Phi) is 81.7. The molecule has 0 saturated heterocycles. The van der Waals surface area contributed by atoms with Gasteiger partial charge in [0.15, 0.2) is 0 Å². The minimum absolute atomic E-state index is 0. The Labute approximate surface area is 545 Å². The molecular weight excluding hydrogens is 1110 g/mol. The van der Waals surface area contributed by atoms with Crippen molar-refractivity contribution in [3.05, 3.63) is 48.6 Å². The molecule has 2 nitrogen and oxygen atoms in total. The molecule has 0 unspecified atom stereocenters. The predicted molar refractivity (Wildman–Crippen MR) is 381 cm³/mol. The minimum atomic E-state index is 0. The minimum Gasteiger partial charge on any atom is -0.411 e. The third kappa shape index (κ3) is 75.9. The molecule has 0 fully saturated rings. The number of hydrogen-bond donors (Lipinski definition) is 0. The first-order valence-electron chi connectivity index (χ1n) is 36.0. The fraction of sp³-hybridized carbons (Fsp3) is 0.865. The van der Waals surface area contributed by atoms with Crippen molar-refractivity contribution in [1.82, 2.24) is 9.80 Å². The van der Waals surface area contributed by atoms with E-state index in [4.69, 9.17) is 49.7 Å². The van der Waals surface area contributed by atoms with E-state index in [0.717, 1.165) is 26.2 Å². The fourth-order valence-electron chi connectivity index (χ4n) is 10.8. The van der Waals surface area contributed by atoms with E-state index in [9.17, 15) is 0 Å². The molecule has 0 aliphatic carbocycles. The standard InChI is InChI=1S/2C37H71NS2.Zn/c2*1-3-5-7-9-11-13-15-17-19-21-23-25-27-29-31-33-35-38(37(39)40)36-34-32-30-28-26-24-22-20-18-16-14-12-10-8-6-4-2;/h2*17-20H,3-16,21-36H2,1-2H3,(H,39,40);/q;;+2/p-2/b2*19-17-,20-18-;. The third-order valence-corrected chi connectivity index (χ3v) is 17.3. The zero-order valence-electron chi connectivity index (χ0n) is 55.3. The quantitative estimate of drug-likeness (QED) is 0.0195. The molecule has 0 atom stereocenters. The van der Waals surface area contributed by atoms with Crippen LogP contribution in [0.25, 0.3) is 0 Å². The zero-order valence-corrected chi connectivity index (χ0v) is 61.5. The van der Waals surface area contributed by atoms with Gasteiger partial charge in [-0.25, -0.2) is 0 Å². The maximum Gasteiger partial charge on any atom is 2.00 e. The van der Waals surface area contributed by atoms with E-state index in [1.54, 1.807) is 0 Å². The monoisotopic (exact) mass is 1250 g/mol. The fourth-order valence-corrected chi connectivity index (χ4v) is 11.5. The Morgan fingerprint density at radius 3 is 0.481 bits per heavy atom. The molecule has 0 N–H and O–H groups in total. The van der Waals surface area contributed by atoms with Crippen molar-refractivity contribution < 1.29 is 19.5 Å². The number of rotatable bonds is 64. The first-order chi connectivity index (χ1) is 39.4. The van der Waals surface area contributed by atoms with Crippen molar-refractivity contribution in [3.8, 4) is 0 Å². The number of nitrogens with zero attached hydrogens (tertiary/aromatic N) is 2. The van der Waals surface area contributed by atoms with Gasteiger partial charge in [0.1, 0.15) is 0 Å². The van der Waals surface area contributed by atoms with E-state index in [2.05, 4.69) is 86.1 Å². The normalized spacial score (nSPS) is 11.6. The van der Waals surface area contributed by atoms with Crippen LogP contribution < -0.4 is 0 Å². The smallest absolute Gasteiger partial charge is 0.411 e. The van der Waals surface area contributed by atoms with Crippen molar-refractivity contribution in [2.75, 3.05) is 26.2 Å². The third-order valence-electron chi connectivity index (χ3n) is 16.3. The Morgan fingerprint density at radius 2 is 0.346 bits per heavy atom. The number of thiocarbonyl (C=S) groups is 2. The number of unbranched alkanes of at least 4 members (excludes halogenated alkanes) is 48. The van der Waals surface area contributed by atoms with Crippen LogP contribution >= 0.6 is 24.4 Å². The van der Waals surface area contributed by atoms with Gasteiger partial charge in [0.05, 0.1) is 0 Å². The van der Waals surface area contributed by atoms with Crippen LogP contribution in [0.3, 0.4) is 0 Å². The van der Waals surface area contributed by atoms with Crippen LogP contribution in [-0.4, -0.2) is 44.6 Å². The molecule has 0 aliphatic heterocycles. The predicted octanol–water partition coefficient (Wildman–Crippen LogP) is 26.4. The van der Waals surface area contributed by atoms with Crippen LogP contribution in [0.15, 0.2) is 48.6 Å². The van der Waals surface area contributed by atoms with Crippen LogP contribution in [0.4, 0.5) is 0 Å². The van der Waals surface area contributed by atoms with Crippen LogP contribution in [0.5, 0.6) is 0 Å². The van der Waals surface area contributed by atoms with Gasteiger partial charge in [0.2, 0.25) is 0 Å². The van der Waals surface area contributed by atoms with Gasteiger partial charge in [-0.3, -0.25) is 0 Å². The summed E-state index contributed by atoms with van der Waals surface area (Å²) in [5.41, 5.74) is 0. The largest absolute Gasteiger partial charge is 2.00 e. The van der Waals surface area contributed by atoms with Crippen LogP contribution in [-0.2, 0) is 44.7 Å². The summed E-state index contributed by atoms with van der Waals surface area (Å²) in [4.78, 5) is 4.57. The molecule has 0 aliphatic rings. The SMILES string of the molecule is CCCCCCCC/C=C\CCCCCCCCN(CCCCCCCC/C=C\CCCCCCCC)C(=S)[S-].CCCCCCCC/C=C\CCCCCCCCN(CCCCCCCC/C=C\CCCCCCCC)C(=S)[S-].[Zn+2]. The molecule has 0 aromatic heterocycles. The maximum absolute atomic E-state index is 5.37. The van der Waals surface area contributed by atoms with Gasteiger partial charge in [0.25, 0.3) is 0 Å². The van der Waals surface area contributed by atoms with Crippen molar-refractivity contribution in [1.29, 1.82) is 0 Å². The van der Waals surface area contributed by atoms with Gasteiger partial charge in [-0.1, -0.05) is 316 Å². The van der Waals surface area contributed by atoms with E-state index < -0.39 is 0 Å². The van der Waals surface area contributed by atoms with Gasteiger partial charge in [-0.05, 0) is 128 Å². The van der Waals surface area contributed by atoms with E-state index in [0.29, 0.717) is 8.64 Å². The van der Waals surface area contributed by atoms with Crippen molar-refractivity contribution in [3.63, 3.8) is 0 Å². The number of hydrogen-bond acceptors (Lipinski definition) is 4. The number of allylic oxidation sites excluding steroid dienone is 8. The van der Waals surface area contributed by atoms with Gasteiger partial charge in [-0.2, -0.15) is 0 Å². The molecule has 0 aromatic carbocycles. The molecule has 81 heavy (non-hydrogen) atoms. The Balaban J connectivity index is -0.00000148. The Morgan fingerprint density at radius 1 is 0.222 bits per heavy atom. The molecule has 0 saturated carbocycles. The molecule has 0 aromatic rings. The first kappa shape index (κ1) is 85.0. The second-order valence-electron chi connectivity index (χ2n) is 24.3. The van der Waals surface area contributed by atoms with Crippen molar-refractivity contribution in [2.45, 2.75) is 387 Å². The maximum atomic E-state index is 5.37. The molecule has 472 valence electrons. The summed E-state index contributed by atoms with van der Waals surface area (Å²) in [6.45, 7) is 13.4. The zero-order chi connectivity index (χ0) is 58.4. The van der Waals surface area contributed by atoms with Gasteiger partial charge < -0.3 is 59.5 Å². The second kappa shape index (κ2) is 77.8. The molecule has 0 spiro atoms. The summed E-state index contributed by atoms with van der Waals surface area (Å²) in [6.07, 6.45) is 95.2. The van der Waals surface area contributed by atoms with Crippen LogP contribution in [0, 0.1) is 0 Å². The molecule has 0 amide bonds. The van der Waals surface area contributed by atoms with Crippen molar-refractivity contribution >= 4 is 58.3 Å². The Bertz CT molecular complexity index is 1130. The summed E-state index contributed by atoms with van der Waals surface area (Å²) >= 11 is 21.5. The van der Waals surface area contributed by atoms with Gasteiger partial charge in [-0.15, -0.1) is 0 Å². The van der Waals surface area contributed by atoms with E-state index >= 15 is 0 Å². The summed E-state index contributed by atoms with van der Waals surface area (Å²) in [6, 6.07) is 0.